The fourth-order valence-electron chi connectivity index (χ4n) is 2.75. The fraction of sp³-hybridized carbons (Fsp3) is 0.235. The summed E-state index contributed by atoms with van der Waals surface area (Å²) in [6.45, 7) is 2.47. The summed E-state index contributed by atoms with van der Waals surface area (Å²) in [4.78, 5) is 32.5. The van der Waals surface area contributed by atoms with Crippen molar-refractivity contribution in [3.63, 3.8) is 0 Å². The van der Waals surface area contributed by atoms with Gasteiger partial charge in [0.1, 0.15) is 17.5 Å². The van der Waals surface area contributed by atoms with Gasteiger partial charge in [0, 0.05) is 12.4 Å². The Morgan fingerprint density at radius 2 is 2.11 bits per heavy atom. The Bertz CT molecular complexity index is 1090. The third kappa shape index (κ3) is 3.49. The summed E-state index contributed by atoms with van der Waals surface area (Å²) in [6, 6.07) is 4.99. The molecule has 11 heteroatoms. The average Bonchev–Trinajstić information content (AvgIpc) is 2.64. The van der Waals surface area contributed by atoms with Crippen molar-refractivity contribution in [1.82, 2.24) is 19.6 Å². The minimum absolute atomic E-state index is 0.129. The topological polar surface area (TPSA) is 145 Å². The molecule has 2 aromatic heterocycles. The first kappa shape index (κ1) is 19.2. The van der Waals surface area contributed by atoms with E-state index in [1.807, 2.05) is 6.07 Å². The summed E-state index contributed by atoms with van der Waals surface area (Å²) >= 11 is 0. The molecule has 0 saturated carbocycles. The van der Waals surface area contributed by atoms with E-state index in [4.69, 9.17) is 5.26 Å². The van der Waals surface area contributed by atoms with E-state index in [1.54, 1.807) is 19.1 Å². The SMILES string of the molecule is Cc1nccc2c1S(=O)(=O)N(CC(=O)N[C@H](C)c1ccc(C#N)cn1)C(=O)N2. The number of nitriles is 1. The summed E-state index contributed by atoms with van der Waals surface area (Å²) in [5, 5.41) is 13.8. The van der Waals surface area contributed by atoms with Crippen LogP contribution in [0.1, 0.15) is 29.9 Å². The van der Waals surface area contributed by atoms with Gasteiger partial charge in [-0.15, -0.1) is 0 Å². The predicted molar refractivity (Wildman–Crippen MR) is 97.4 cm³/mol. The van der Waals surface area contributed by atoms with Gasteiger partial charge < -0.3 is 10.6 Å². The molecule has 3 amide bonds. The molecule has 2 aromatic rings. The number of carbonyl (C=O) groups is 2. The standard InChI is InChI=1S/C17H16N6O4S/c1-10(13-4-3-12(7-18)8-20-13)21-15(24)9-23-17(25)22-14-5-6-19-11(2)16(14)28(23,26)27/h3-6,8,10H,9H2,1-2H3,(H,21,24)(H,22,25)/t10-/m1/s1. The van der Waals surface area contributed by atoms with Crippen molar-refractivity contribution in [2.24, 2.45) is 0 Å². The zero-order valence-electron chi connectivity index (χ0n) is 15.0. The van der Waals surface area contributed by atoms with Gasteiger partial charge in [-0.05, 0) is 32.0 Å². The second kappa shape index (κ2) is 7.24. The number of aromatic nitrogens is 2. The van der Waals surface area contributed by atoms with Crippen LogP contribution >= 0.6 is 0 Å². The Balaban J connectivity index is 1.77. The third-order valence-electron chi connectivity index (χ3n) is 4.12. The lowest BCUT2D eigenvalue weighted by atomic mass is 10.2. The molecule has 10 nitrogen and oxygen atoms in total. The van der Waals surface area contributed by atoms with E-state index < -0.39 is 34.5 Å². The Morgan fingerprint density at radius 1 is 1.36 bits per heavy atom. The number of aryl methyl sites for hydroxylation is 1. The molecule has 0 spiro atoms. The van der Waals surface area contributed by atoms with E-state index in [-0.39, 0.29) is 16.3 Å². The maximum Gasteiger partial charge on any atom is 0.336 e. The molecule has 28 heavy (non-hydrogen) atoms. The summed E-state index contributed by atoms with van der Waals surface area (Å²) in [5.74, 6) is -0.678. The number of hydrogen-bond acceptors (Lipinski definition) is 7. The lowest BCUT2D eigenvalue weighted by Gasteiger charge is -2.29. The lowest BCUT2D eigenvalue weighted by molar-refractivity contribution is -0.121. The number of urea groups is 1. The van der Waals surface area contributed by atoms with Gasteiger partial charge in [-0.2, -0.15) is 5.26 Å². The van der Waals surface area contributed by atoms with E-state index in [1.165, 1.54) is 25.4 Å². The zero-order valence-corrected chi connectivity index (χ0v) is 15.8. The minimum atomic E-state index is -4.22. The van der Waals surface area contributed by atoms with Crippen LogP contribution in [0.2, 0.25) is 0 Å². The van der Waals surface area contributed by atoms with Crippen molar-refractivity contribution in [2.75, 3.05) is 11.9 Å². The Labute approximate surface area is 161 Å². The number of pyridine rings is 2. The monoisotopic (exact) mass is 400 g/mol. The highest BCUT2D eigenvalue weighted by atomic mass is 32.2. The number of amides is 3. The van der Waals surface area contributed by atoms with Gasteiger partial charge in [0.05, 0.1) is 28.7 Å². The zero-order chi connectivity index (χ0) is 20.5. The second-order valence-electron chi connectivity index (χ2n) is 6.09. The number of rotatable bonds is 4. The van der Waals surface area contributed by atoms with Crippen molar-refractivity contribution in [3.8, 4) is 6.07 Å². The maximum absolute atomic E-state index is 12.8. The molecule has 1 atom stereocenters. The Hall–Kier alpha value is -3.52. The van der Waals surface area contributed by atoms with E-state index in [0.29, 0.717) is 15.6 Å². The summed E-state index contributed by atoms with van der Waals surface area (Å²) in [7, 11) is -4.22. The molecule has 1 aliphatic heterocycles. The van der Waals surface area contributed by atoms with E-state index >= 15 is 0 Å². The number of fused-ring (bicyclic) bond motifs is 1. The van der Waals surface area contributed by atoms with Gasteiger partial charge in [0.15, 0.2) is 0 Å². The van der Waals surface area contributed by atoms with E-state index in [2.05, 4.69) is 20.6 Å². The summed E-state index contributed by atoms with van der Waals surface area (Å²) in [6.07, 6.45) is 2.76. The molecule has 2 N–H and O–H groups in total. The van der Waals surface area contributed by atoms with Gasteiger partial charge in [-0.3, -0.25) is 14.8 Å². The quantitative estimate of drug-likeness (QED) is 0.780. The van der Waals surface area contributed by atoms with Crippen molar-refractivity contribution < 1.29 is 18.0 Å². The molecule has 0 bridgehead atoms. The number of nitrogens with one attached hydrogen (secondary N) is 2. The van der Waals surface area contributed by atoms with Gasteiger partial charge in [0.25, 0.3) is 10.0 Å². The van der Waals surface area contributed by atoms with Crippen LogP contribution in [-0.2, 0) is 14.8 Å². The molecular weight excluding hydrogens is 384 g/mol. The lowest BCUT2D eigenvalue weighted by Crippen LogP contribution is -2.49. The Morgan fingerprint density at radius 3 is 2.75 bits per heavy atom. The van der Waals surface area contributed by atoms with Gasteiger partial charge >= 0.3 is 6.03 Å². The molecule has 3 rings (SSSR count). The molecule has 0 fully saturated rings. The van der Waals surface area contributed by atoms with Crippen LogP contribution in [0, 0.1) is 18.3 Å². The smallest absolute Gasteiger partial charge is 0.336 e. The number of nitrogens with zero attached hydrogens (tertiary/aromatic N) is 4. The third-order valence-corrected chi connectivity index (χ3v) is 6.03. The average molecular weight is 400 g/mol. The number of anilines is 1. The van der Waals surface area contributed by atoms with Crippen LogP contribution in [0.25, 0.3) is 0 Å². The van der Waals surface area contributed by atoms with E-state index in [0.717, 1.165) is 0 Å². The highest BCUT2D eigenvalue weighted by Crippen LogP contribution is 2.31. The Kier molecular flexibility index (Phi) is 4.98. The molecular formula is C17H16N6O4S. The van der Waals surface area contributed by atoms with Crippen molar-refractivity contribution in [1.29, 1.82) is 5.26 Å². The number of hydrogen-bond donors (Lipinski definition) is 2. The molecule has 0 aliphatic carbocycles. The molecule has 1 aliphatic rings. The summed E-state index contributed by atoms with van der Waals surface area (Å²) < 4.78 is 26.1. The van der Waals surface area contributed by atoms with Crippen LogP contribution in [0.15, 0.2) is 35.5 Å². The van der Waals surface area contributed by atoms with Crippen LogP contribution in [0.5, 0.6) is 0 Å². The molecule has 0 saturated heterocycles. The highest BCUT2D eigenvalue weighted by Gasteiger charge is 2.39. The van der Waals surface area contributed by atoms with Crippen LogP contribution < -0.4 is 10.6 Å². The molecule has 0 radical (unpaired) electrons. The maximum atomic E-state index is 12.8. The first-order chi connectivity index (χ1) is 13.2. The molecule has 144 valence electrons. The first-order valence-corrected chi connectivity index (χ1v) is 9.63. The number of carbonyl (C=O) groups excluding carboxylic acids is 2. The first-order valence-electron chi connectivity index (χ1n) is 8.18. The van der Waals surface area contributed by atoms with Gasteiger partial charge in [-0.1, -0.05) is 0 Å². The van der Waals surface area contributed by atoms with Gasteiger partial charge in [-0.25, -0.2) is 17.5 Å². The van der Waals surface area contributed by atoms with Crippen LogP contribution in [0.4, 0.5) is 10.5 Å². The molecule has 3 heterocycles. The predicted octanol–water partition coefficient (Wildman–Crippen LogP) is 1.07. The largest absolute Gasteiger partial charge is 0.346 e. The number of sulfonamides is 1. The second-order valence-corrected chi connectivity index (χ2v) is 7.89. The highest BCUT2D eigenvalue weighted by molar-refractivity contribution is 7.90. The minimum Gasteiger partial charge on any atom is -0.346 e. The summed E-state index contributed by atoms with van der Waals surface area (Å²) in [5.41, 5.74) is 1.21. The van der Waals surface area contributed by atoms with Crippen LogP contribution in [0.3, 0.4) is 0 Å². The van der Waals surface area contributed by atoms with E-state index in [9.17, 15) is 18.0 Å². The molecule has 0 unspecified atom stereocenters. The van der Waals surface area contributed by atoms with Crippen molar-refractivity contribution in [2.45, 2.75) is 24.8 Å². The molecule has 0 aromatic carbocycles. The van der Waals surface area contributed by atoms with Gasteiger partial charge in [0.2, 0.25) is 5.91 Å². The van der Waals surface area contributed by atoms with Crippen molar-refractivity contribution >= 4 is 27.6 Å². The van der Waals surface area contributed by atoms with Crippen molar-refractivity contribution in [3.05, 3.63) is 47.5 Å². The fourth-order valence-corrected chi connectivity index (χ4v) is 4.34. The van der Waals surface area contributed by atoms with Crippen LogP contribution in [-0.4, -0.2) is 41.2 Å². The normalized spacial score (nSPS) is 15.8.